The standard InChI is InChI=1S/C11H24N2O/c1-4-5-7-12-8-6-9-13-11(14)10(2)3/h10,12H,4-9H2,1-3H3,(H,13,14). The van der Waals surface area contributed by atoms with Crippen molar-refractivity contribution >= 4 is 5.91 Å². The molecule has 0 atom stereocenters. The second-order valence-electron chi connectivity index (χ2n) is 3.90. The van der Waals surface area contributed by atoms with E-state index in [1.165, 1.54) is 12.8 Å². The van der Waals surface area contributed by atoms with Crippen molar-refractivity contribution in [2.45, 2.75) is 40.0 Å². The molecular weight excluding hydrogens is 176 g/mol. The summed E-state index contributed by atoms with van der Waals surface area (Å²) in [6.07, 6.45) is 3.48. The molecule has 0 unspecified atom stereocenters. The van der Waals surface area contributed by atoms with Gasteiger partial charge in [0.25, 0.3) is 0 Å². The number of hydrogen-bond acceptors (Lipinski definition) is 2. The average molecular weight is 200 g/mol. The molecule has 0 aliphatic heterocycles. The van der Waals surface area contributed by atoms with Crippen LogP contribution in [0.3, 0.4) is 0 Å². The fourth-order valence-electron chi connectivity index (χ4n) is 1.06. The highest BCUT2D eigenvalue weighted by atomic mass is 16.1. The van der Waals surface area contributed by atoms with Gasteiger partial charge in [-0.2, -0.15) is 0 Å². The Bertz CT molecular complexity index is 146. The molecule has 0 saturated heterocycles. The van der Waals surface area contributed by atoms with Gasteiger partial charge in [0, 0.05) is 12.5 Å². The van der Waals surface area contributed by atoms with Crippen LogP contribution >= 0.6 is 0 Å². The van der Waals surface area contributed by atoms with Crippen LogP contribution in [0.2, 0.25) is 0 Å². The van der Waals surface area contributed by atoms with E-state index in [4.69, 9.17) is 0 Å². The Balaban J connectivity index is 3.10. The predicted molar refractivity (Wildman–Crippen MR) is 60.2 cm³/mol. The summed E-state index contributed by atoms with van der Waals surface area (Å²) in [6.45, 7) is 8.89. The van der Waals surface area contributed by atoms with E-state index in [1.54, 1.807) is 0 Å². The highest BCUT2D eigenvalue weighted by molar-refractivity contribution is 5.77. The van der Waals surface area contributed by atoms with E-state index in [0.29, 0.717) is 0 Å². The lowest BCUT2D eigenvalue weighted by Crippen LogP contribution is -2.30. The van der Waals surface area contributed by atoms with Gasteiger partial charge in [0.15, 0.2) is 0 Å². The van der Waals surface area contributed by atoms with Crippen molar-refractivity contribution in [3.05, 3.63) is 0 Å². The molecule has 0 spiro atoms. The minimum Gasteiger partial charge on any atom is -0.356 e. The van der Waals surface area contributed by atoms with Gasteiger partial charge in [0.05, 0.1) is 0 Å². The molecule has 2 N–H and O–H groups in total. The van der Waals surface area contributed by atoms with Crippen molar-refractivity contribution in [3.63, 3.8) is 0 Å². The molecule has 0 saturated carbocycles. The van der Waals surface area contributed by atoms with Gasteiger partial charge in [-0.05, 0) is 25.9 Å². The quantitative estimate of drug-likeness (QED) is 0.584. The number of nitrogens with one attached hydrogen (secondary N) is 2. The molecule has 14 heavy (non-hydrogen) atoms. The van der Waals surface area contributed by atoms with Crippen molar-refractivity contribution in [2.24, 2.45) is 5.92 Å². The van der Waals surface area contributed by atoms with Crippen LogP contribution in [0.1, 0.15) is 40.0 Å². The predicted octanol–water partition coefficient (Wildman–Crippen LogP) is 1.54. The maximum atomic E-state index is 11.1. The van der Waals surface area contributed by atoms with Gasteiger partial charge >= 0.3 is 0 Å². The SMILES string of the molecule is CCCCNCCCNC(=O)C(C)C. The molecule has 0 radical (unpaired) electrons. The second kappa shape index (κ2) is 9.00. The number of amides is 1. The Morgan fingerprint density at radius 3 is 2.36 bits per heavy atom. The van der Waals surface area contributed by atoms with Crippen molar-refractivity contribution in [1.82, 2.24) is 10.6 Å². The molecular formula is C11H24N2O. The summed E-state index contributed by atoms with van der Waals surface area (Å²) in [7, 11) is 0. The van der Waals surface area contributed by atoms with Gasteiger partial charge < -0.3 is 10.6 Å². The Kier molecular flexibility index (Phi) is 8.64. The lowest BCUT2D eigenvalue weighted by molar-refractivity contribution is -0.123. The van der Waals surface area contributed by atoms with Gasteiger partial charge in [0.2, 0.25) is 5.91 Å². The van der Waals surface area contributed by atoms with E-state index < -0.39 is 0 Å². The van der Waals surface area contributed by atoms with Crippen LogP contribution in [0.4, 0.5) is 0 Å². The van der Waals surface area contributed by atoms with Gasteiger partial charge in [-0.3, -0.25) is 4.79 Å². The lowest BCUT2D eigenvalue weighted by atomic mass is 10.2. The van der Waals surface area contributed by atoms with Crippen LogP contribution in [0.15, 0.2) is 0 Å². The van der Waals surface area contributed by atoms with E-state index in [2.05, 4.69) is 17.6 Å². The van der Waals surface area contributed by atoms with Crippen LogP contribution < -0.4 is 10.6 Å². The first-order valence-corrected chi connectivity index (χ1v) is 5.67. The first-order chi connectivity index (χ1) is 6.68. The fraction of sp³-hybridized carbons (Fsp3) is 0.909. The zero-order valence-corrected chi connectivity index (χ0v) is 9.73. The molecule has 0 heterocycles. The molecule has 0 rings (SSSR count). The van der Waals surface area contributed by atoms with Gasteiger partial charge in [0.1, 0.15) is 0 Å². The Labute approximate surface area is 87.6 Å². The number of hydrogen-bond donors (Lipinski definition) is 2. The minimum atomic E-state index is 0.100. The third-order valence-corrected chi connectivity index (χ3v) is 2.06. The van der Waals surface area contributed by atoms with Crippen molar-refractivity contribution in [3.8, 4) is 0 Å². The zero-order chi connectivity index (χ0) is 10.8. The minimum absolute atomic E-state index is 0.100. The van der Waals surface area contributed by atoms with Crippen molar-refractivity contribution < 1.29 is 4.79 Å². The number of unbranched alkanes of at least 4 members (excludes halogenated alkanes) is 1. The summed E-state index contributed by atoms with van der Waals surface area (Å²) in [5, 5.41) is 6.23. The van der Waals surface area contributed by atoms with Crippen molar-refractivity contribution in [1.29, 1.82) is 0 Å². The Morgan fingerprint density at radius 2 is 1.79 bits per heavy atom. The molecule has 3 nitrogen and oxygen atoms in total. The maximum absolute atomic E-state index is 11.1. The van der Waals surface area contributed by atoms with Crippen molar-refractivity contribution in [2.75, 3.05) is 19.6 Å². The summed E-state index contributed by atoms with van der Waals surface area (Å²) in [5.41, 5.74) is 0. The topological polar surface area (TPSA) is 41.1 Å². The summed E-state index contributed by atoms with van der Waals surface area (Å²) < 4.78 is 0. The summed E-state index contributed by atoms with van der Waals surface area (Å²) >= 11 is 0. The number of carbonyl (C=O) groups is 1. The molecule has 0 aliphatic rings. The smallest absolute Gasteiger partial charge is 0.222 e. The molecule has 0 aliphatic carbocycles. The number of carbonyl (C=O) groups excluding carboxylic acids is 1. The number of rotatable bonds is 8. The highest BCUT2D eigenvalue weighted by Gasteiger charge is 2.04. The van der Waals surface area contributed by atoms with E-state index in [1.807, 2.05) is 13.8 Å². The lowest BCUT2D eigenvalue weighted by Gasteiger charge is -2.07. The fourth-order valence-corrected chi connectivity index (χ4v) is 1.06. The molecule has 0 bridgehead atoms. The van der Waals surface area contributed by atoms with Crippen LogP contribution in [0.25, 0.3) is 0 Å². The van der Waals surface area contributed by atoms with Crippen LogP contribution in [0.5, 0.6) is 0 Å². The largest absolute Gasteiger partial charge is 0.356 e. The summed E-state index contributed by atoms with van der Waals surface area (Å²) in [5.74, 6) is 0.251. The first kappa shape index (κ1) is 13.4. The average Bonchev–Trinajstić information content (AvgIpc) is 2.16. The first-order valence-electron chi connectivity index (χ1n) is 5.67. The second-order valence-corrected chi connectivity index (χ2v) is 3.90. The maximum Gasteiger partial charge on any atom is 0.222 e. The molecule has 3 heteroatoms. The van der Waals surface area contributed by atoms with E-state index in [9.17, 15) is 4.79 Å². The third-order valence-electron chi connectivity index (χ3n) is 2.06. The van der Waals surface area contributed by atoms with E-state index in [0.717, 1.165) is 26.1 Å². The highest BCUT2D eigenvalue weighted by Crippen LogP contribution is 1.90. The molecule has 1 amide bonds. The molecule has 0 aromatic carbocycles. The molecule has 0 fully saturated rings. The zero-order valence-electron chi connectivity index (χ0n) is 9.73. The van der Waals surface area contributed by atoms with E-state index >= 15 is 0 Å². The van der Waals surface area contributed by atoms with Crippen LogP contribution in [0, 0.1) is 5.92 Å². The summed E-state index contributed by atoms with van der Waals surface area (Å²) in [4.78, 5) is 11.1. The van der Waals surface area contributed by atoms with Crippen LogP contribution in [-0.4, -0.2) is 25.5 Å². The van der Waals surface area contributed by atoms with Crippen LogP contribution in [-0.2, 0) is 4.79 Å². The molecule has 0 aromatic heterocycles. The molecule has 0 aromatic rings. The van der Waals surface area contributed by atoms with Gasteiger partial charge in [-0.25, -0.2) is 0 Å². The van der Waals surface area contributed by atoms with Gasteiger partial charge in [-0.1, -0.05) is 27.2 Å². The van der Waals surface area contributed by atoms with E-state index in [-0.39, 0.29) is 11.8 Å². The Morgan fingerprint density at radius 1 is 1.14 bits per heavy atom. The molecule has 84 valence electrons. The Hall–Kier alpha value is -0.570. The normalized spacial score (nSPS) is 10.6. The van der Waals surface area contributed by atoms with Gasteiger partial charge in [-0.15, -0.1) is 0 Å². The third kappa shape index (κ3) is 8.05. The monoisotopic (exact) mass is 200 g/mol. The summed E-state index contributed by atoms with van der Waals surface area (Å²) in [6, 6.07) is 0.